The molecule has 3 rings (SSSR count). The van der Waals surface area contributed by atoms with Crippen LogP contribution in [-0.4, -0.2) is 67.5 Å². The van der Waals surface area contributed by atoms with E-state index in [1.807, 2.05) is 30.0 Å². The minimum atomic E-state index is -0.339. The lowest BCUT2D eigenvalue weighted by atomic mass is 10.2. The highest BCUT2D eigenvalue weighted by atomic mass is 19.1. The topological polar surface area (TPSA) is 73.9 Å². The van der Waals surface area contributed by atoms with Crippen molar-refractivity contribution in [3.05, 3.63) is 54.3 Å². The Balaban J connectivity index is 1.44. The summed E-state index contributed by atoms with van der Waals surface area (Å²) in [5.74, 6) is 0.131. The first-order chi connectivity index (χ1) is 14.4. The minimum Gasteiger partial charge on any atom is -0.497 e. The molecule has 160 valence electrons. The zero-order valence-corrected chi connectivity index (χ0v) is 17.2. The largest absolute Gasteiger partial charge is 0.497 e. The third-order valence-corrected chi connectivity index (χ3v) is 5.17. The van der Waals surface area contributed by atoms with Gasteiger partial charge < -0.3 is 15.4 Å². The zero-order valence-electron chi connectivity index (χ0n) is 17.2. The Morgan fingerprint density at radius 2 is 1.73 bits per heavy atom. The standard InChI is InChI=1S/C22H27FN4O3/c1-16(22(29)25-19-4-3-5-20(14-19)30-2)27-12-10-26(11-13-27)15-21(28)24-18-8-6-17(23)7-9-18/h3-9,14,16H,10-13,15H2,1-2H3,(H,24,28)(H,25,29)/t16-/m0/s1. The van der Waals surface area contributed by atoms with Gasteiger partial charge in [-0.2, -0.15) is 0 Å². The van der Waals surface area contributed by atoms with Crippen LogP contribution >= 0.6 is 0 Å². The van der Waals surface area contributed by atoms with Gasteiger partial charge in [0, 0.05) is 43.6 Å². The molecule has 0 saturated carbocycles. The Kier molecular flexibility index (Phi) is 7.37. The molecule has 1 aliphatic heterocycles. The quantitative estimate of drug-likeness (QED) is 0.728. The van der Waals surface area contributed by atoms with E-state index in [-0.39, 0.29) is 30.2 Å². The van der Waals surface area contributed by atoms with E-state index in [0.717, 1.165) is 0 Å². The monoisotopic (exact) mass is 414 g/mol. The summed E-state index contributed by atoms with van der Waals surface area (Å²) in [5.41, 5.74) is 1.27. The van der Waals surface area contributed by atoms with Crippen LogP contribution in [-0.2, 0) is 9.59 Å². The number of halogens is 1. The molecule has 2 N–H and O–H groups in total. The second-order valence-corrected chi connectivity index (χ2v) is 7.26. The third kappa shape index (κ3) is 6.01. The third-order valence-electron chi connectivity index (χ3n) is 5.17. The molecular weight excluding hydrogens is 387 g/mol. The van der Waals surface area contributed by atoms with Crippen LogP contribution in [0.3, 0.4) is 0 Å². The van der Waals surface area contributed by atoms with Crippen LogP contribution in [0, 0.1) is 5.82 Å². The van der Waals surface area contributed by atoms with Crippen molar-refractivity contribution in [1.82, 2.24) is 9.80 Å². The van der Waals surface area contributed by atoms with E-state index in [0.29, 0.717) is 43.3 Å². The van der Waals surface area contributed by atoms with Gasteiger partial charge in [0.15, 0.2) is 0 Å². The van der Waals surface area contributed by atoms with E-state index in [4.69, 9.17) is 4.74 Å². The number of nitrogens with one attached hydrogen (secondary N) is 2. The van der Waals surface area contributed by atoms with Crippen molar-refractivity contribution in [3.8, 4) is 5.75 Å². The second-order valence-electron chi connectivity index (χ2n) is 7.26. The minimum absolute atomic E-state index is 0.0780. The van der Waals surface area contributed by atoms with Crippen molar-refractivity contribution in [3.63, 3.8) is 0 Å². The van der Waals surface area contributed by atoms with Crippen LogP contribution in [0.1, 0.15) is 6.92 Å². The fourth-order valence-corrected chi connectivity index (χ4v) is 3.36. The Hall–Kier alpha value is -2.97. The van der Waals surface area contributed by atoms with Crippen molar-refractivity contribution in [2.24, 2.45) is 0 Å². The van der Waals surface area contributed by atoms with Gasteiger partial charge in [-0.05, 0) is 43.3 Å². The number of amides is 2. The Bertz CT molecular complexity index is 867. The first kappa shape index (κ1) is 21.7. The highest BCUT2D eigenvalue weighted by Crippen LogP contribution is 2.18. The first-order valence-electron chi connectivity index (χ1n) is 9.91. The number of piperazine rings is 1. The molecule has 8 heteroatoms. The van der Waals surface area contributed by atoms with Gasteiger partial charge in [-0.3, -0.25) is 19.4 Å². The molecule has 0 aliphatic carbocycles. The fraction of sp³-hybridized carbons (Fsp3) is 0.364. The summed E-state index contributed by atoms with van der Waals surface area (Å²) in [6.45, 7) is 4.90. The summed E-state index contributed by atoms with van der Waals surface area (Å²) >= 11 is 0. The lowest BCUT2D eigenvalue weighted by Gasteiger charge is -2.37. The predicted molar refractivity (Wildman–Crippen MR) is 114 cm³/mol. The van der Waals surface area contributed by atoms with E-state index >= 15 is 0 Å². The van der Waals surface area contributed by atoms with Gasteiger partial charge in [0.05, 0.1) is 19.7 Å². The summed E-state index contributed by atoms with van der Waals surface area (Å²) in [6.07, 6.45) is 0. The fourth-order valence-electron chi connectivity index (χ4n) is 3.36. The number of carbonyl (C=O) groups excluding carboxylic acids is 2. The average Bonchev–Trinajstić information content (AvgIpc) is 2.75. The first-order valence-corrected chi connectivity index (χ1v) is 9.91. The number of benzene rings is 2. The molecule has 0 bridgehead atoms. The molecule has 1 saturated heterocycles. The van der Waals surface area contributed by atoms with Crippen molar-refractivity contribution in [2.45, 2.75) is 13.0 Å². The second kappa shape index (κ2) is 10.2. The molecule has 2 amide bonds. The normalized spacial score (nSPS) is 16.0. The van der Waals surface area contributed by atoms with Crippen molar-refractivity contribution >= 4 is 23.2 Å². The molecule has 7 nitrogen and oxygen atoms in total. The van der Waals surface area contributed by atoms with E-state index in [2.05, 4.69) is 15.5 Å². The van der Waals surface area contributed by atoms with Gasteiger partial charge in [-0.1, -0.05) is 6.07 Å². The van der Waals surface area contributed by atoms with Crippen molar-refractivity contribution in [1.29, 1.82) is 0 Å². The van der Waals surface area contributed by atoms with E-state index in [9.17, 15) is 14.0 Å². The molecule has 0 unspecified atom stereocenters. The van der Waals surface area contributed by atoms with E-state index < -0.39 is 0 Å². The number of hydrogen-bond donors (Lipinski definition) is 2. The Morgan fingerprint density at radius 3 is 2.40 bits per heavy atom. The SMILES string of the molecule is COc1cccc(NC(=O)[C@H](C)N2CCN(CC(=O)Nc3ccc(F)cc3)CC2)c1. The maximum Gasteiger partial charge on any atom is 0.241 e. The number of nitrogens with zero attached hydrogens (tertiary/aromatic N) is 2. The lowest BCUT2D eigenvalue weighted by Crippen LogP contribution is -2.53. The van der Waals surface area contributed by atoms with Gasteiger partial charge >= 0.3 is 0 Å². The van der Waals surface area contributed by atoms with Gasteiger partial charge in [0.25, 0.3) is 0 Å². The number of rotatable bonds is 7. The number of hydrogen-bond acceptors (Lipinski definition) is 5. The molecule has 1 heterocycles. The summed E-state index contributed by atoms with van der Waals surface area (Å²) in [4.78, 5) is 29.0. The summed E-state index contributed by atoms with van der Waals surface area (Å²) in [6, 6.07) is 12.7. The van der Waals surface area contributed by atoms with Crippen LogP contribution in [0.15, 0.2) is 48.5 Å². The number of carbonyl (C=O) groups is 2. The van der Waals surface area contributed by atoms with E-state index in [1.165, 1.54) is 24.3 Å². The zero-order chi connectivity index (χ0) is 21.5. The van der Waals surface area contributed by atoms with Crippen LogP contribution in [0.2, 0.25) is 0 Å². The molecule has 1 fully saturated rings. The number of anilines is 2. The predicted octanol–water partition coefficient (Wildman–Crippen LogP) is 2.42. The smallest absolute Gasteiger partial charge is 0.241 e. The van der Waals surface area contributed by atoms with Gasteiger partial charge in [-0.25, -0.2) is 4.39 Å². The molecule has 0 aromatic heterocycles. The van der Waals surface area contributed by atoms with E-state index in [1.54, 1.807) is 13.2 Å². The molecule has 2 aromatic rings. The van der Waals surface area contributed by atoms with Crippen molar-refractivity contribution < 1.29 is 18.7 Å². The summed E-state index contributed by atoms with van der Waals surface area (Å²) < 4.78 is 18.1. The van der Waals surface area contributed by atoms with Crippen LogP contribution in [0.5, 0.6) is 5.75 Å². The molecule has 1 aliphatic rings. The maximum atomic E-state index is 13.0. The summed E-state index contributed by atoms with van der Waals surface area (Å²) in [5, 5.41) is 5.69. The van der Waals surface area contributed by atoms with Crippen LogP contribution in [0.4, 0.5) is 15.8 Å². The molecule has 2 aromatic carbocycles. The van der Waals surface area contributed by atoms with Crippen molar-refractivity contribution in [2.75, 3.05) is 50.5 Å². The van der Waals surface area contributed by atoms with Gasteiger partial charge in [0.1, 0.15) is 11.6 Å². The molecule has 30 heavy (non-hydrogen) atoms. The molecular formula is C22H27FN4O3. The Morgan fingerprint density at radius 1 is 1.03 bits per heavy atom. The highest BCUT2D eigenvalue weighted by Gasteiger charge is 2.26. The molecule has 0 spiro atoms. The lowest BCUT2D eigenvalue weighted by molar-refractivity contribution is -0.122. The van der Waals surface area contributed by atoms with Gasteiger partial charge in [-0.15, -0.1) is 0 Å². The molecule has 0 radical (unpaired) electrons. The maximum absolute atomic E-state index is 13.0. The highest BCUT2D eigenvalue weighted by molar-refractivity contribution is 5.94. The summed E-state index contributed by atoms with van der Waals surface area (Å²) in [7, 11) is 1.59. The Labute approximate surface area is 175 Å². The average molecular weight is 414 g/mol. The number of methoxy groups -OCH3 is 1. The number of ether oxygens (including phenoxy) is 1. The van der Waals surface area contributed by atoms with Crippen LogP contribution < -0.4 is 15.4 Å². The van der Waals surface area contributed by atoms with Crippen LogP contribution in [0.25, 0.3) is 0 Å². The molecule has 1 atom stereocenters. The van der Waals surface area contributed by atoms with Gasteiger partial charge in [0.2, 0.25) is 11.8 Å².